The second kappa shape index (κ2) is 8.74. The minimum absolute atomic E-state index is 0.0975. The van der Waals surface area contributed by atoms with E-state index in [2.05, 4.69) is 5.32 Å². The zero-order valence-corrected chi connectivity index (χ0v) is 12.1. The number of carbonyl (C=O) groups excluding carboxylic acids is 1. The van der Waals surface area contributed by atoms with Crippen LogP contribution in [0.4, 0.5) is 4.39 Å². The molecule has 1 saturated heterocycles. The number of carbonyl (C=O) groups is 1. The van der Waals surface area contributed by atoms with Crippen molar-refractivity contribution in [2.45, 2.75) is 31.8 Å². The quantitative estimate of drug-likeness (QED) is 0.747. The highest BCUT2D eigenvalue weighted by atomic mass is 19.1. The van der Waals surface area contributed by atoms with Crippen molar-refractivity contribution in [2.24, 2.45) is 0 Å². The van der Waals surface area contributed by atoms with Crippen LogP contribution in [0.3, 0.4) is 0 Å². The van der Waals surface area contributed by atoms with E-state index in [-0.39, 0.29) is 24.2 Å². The molecule has 1 N–H and O–H groups in total. The summed E-state index contributed by atoms with van der Waals surface area (Å²) in [4.78, 5) is 11.7. The van der Waals surface area contributed by atoms with E-state index < -0.39 is 0 Å². The first-order chi connectivity index (χ1) is 10.2. The van der Waals surface area contributed by atoms with Crippen LogP contribution >= 0.6 is 0 Å². The lowest BCUT2D eigenvalue weighted by molar-refractivity contribution is -0.120. The van der Waals surface area contributed by atoms with Crippen LogP contribution in [-0.4, -0.2) is 38.4 Å². The van der Waals surface area contributed by atoms with Gasteiger partial charge in [-0.2, -0.15) is 0 Å². The standard InChI is InChI=1S/C16H22FNO3/c17-14-5-1-4-13(10-14)11-16(19)18-7-3-8-20-12-15-6-2-9-21-15/h1,4-5,10,15H,2-3,6-9,11-12H2,(H,18,19). The molecular formula is C16H22FNO3. The molecule has 0 aliphatic carbocycles. The maximum absolute atomic E-state index is 13.0. The third kappa shape index (κ3) is 6.23. The highest BCUT2D eigenvalue weighted by Crippen LogP contribution is 2.11. The van der Waals surface area contributed by atoms with Gasteiger partial charge >= 0.3 is 0 Å². The highest BCUT2D eigenvalue weighted by molar-refractivity contribution is 5.78. The molecule has 0 saturated carbocycles. The average Bonchev–Trinajstić information content (AvgIpc) is 2.96. The molecule has 4 nitrogen and oxygen atoms in total. The summed E-state index contributed by atoms with van der Waals surface area (Å²) >= 11 is 0. The van der Waals surface area contributed by atoms with E-state index in [1.807, 2.05) is 0 Å². The molecule has 0 aromatic heterocycles. The molecule has 116 valence electrons. The van der Waals surface area contributed by atoms with E-state index in [9.17, 15) is 9.18 Å². The van der Waals surface area contributed by atoms with Crippen molar-refractivity contribution < 1.29 is 18.7 Å². The molecule has 1 amide bonds. The summed E-state index contributed by atoms with van der Waals surface area (Å²) in [5.41, 5.74) is 0.683. The van der Waals surface area contributed by atoms with Crippen molar-refractivity contribution >= 4 is 5.91 Å². The normalized spacial score (nSPS) is 17.9. The maximum atomic E-state index is 13.0. The summed E-state index contributed by atoms with van der Waals surface area (Å²) < 4.78 is 23.9. The molecule has 0 bridgehead atoms. The Bertz CT molecular complexity index is 447. The van der Waals surface area contributed by atoms with Crippen LogP contribution in [0.1, 0.15) is 24.8 Å². The molecule has 0 spiro atoms. The molecule has 1 fully saturated rings. The molecule has 1 heterocycles. The van der Waals surface area contributed by atoms with Gasteiger partial charge in [0.25, 0.3) is 0 Å². The minimum Gasteiger partial charge on any atom is -0.379 e. The summed E-state index contributed by atoms with van der Waals surface area (Å²) in [5.74, 6) is -0.414. The van der Waals surface area contributed by atoms with Gasteiger partial charge in [0, 0.05) is 19.8 Å². The summed E-state index contributed by atoms with van der Waals surface area (Å²) in [6.45, 7) is 2.65. The second-order valence-corrected chi connectivity index (χ2v) is 5.22. The summed E-state index contributed by atoms with van der Waals surface area (Å²) in [6, 6.07) is 6.10. The molecule has 5 heteroatoms. The Hall–Kier alpha value is -1.46. The monoisotopic (exact) mass is 295 g/mol. The van der Waals surface area contributed by atoms with Crippen molar-refractivity contribution in [1.29, 1.82) is 0 Å². The van der Waals surface area contributed by atoms with Crippen molar-refractivity contribution in [1.82, 2.24) is 5.32 Å². The summed E-state index contributed by atoms with van der Waals surface area (Å²) in [6.07, 6.45) is 3.40. The molecule has 1 aliphatic heterocycles. The lowest BCUT2D eigenvalue weighted by Gasteiger charge is -2.10. The van der Waals surface area contributed by atoms with Crippen LogP contribution in [0, 0.1) is 5.82 Å². The fourth-order valence-corrected chi connectivity index (χ4v) is 2.29. The Morgan fingerprint density at radius 3 is 3.14 bits per heavy atom. The van der Waals surface area contributed by atoms with E-state index in [0.717, 1.165) is 25.9 Å². The van der Waals surface area contributed by atoms with Gasteiger partial charge in [-0.15, -0.1) is 0 Å². The number of rotatable bonds is 8. The Morgan fingerprint density at radius 2 is 2.38 bits per heavy atom. The number of ether oxygens (including phenoxy) is 2. The van der Waals surface area contributed by atoms with E-state index in [4.69, 9.17) is 9.47 Å². The predicted molar refractivity (Wildman–Crippen MR) is 77.5 cm³/mol. The second-order valence-electron chi connectivity index (χ2n) is 5.22. The van der Waals surface area contributed by atoms with Gasteiger partial charge in [-0.05, 0) is 37.0 Å². The average molecular weight is 295 g/mol. The predicted octanol–water partition coefficient (Wildman–Crippen LogP) is 2.07. The van der Waals surface area contributed by atoms with Crippen LogP contribution in [-0.2, 0) is 20.7 Å². The number of halogens is 1. The number of benzene rings is 1. The SMILES string of the molecule is O=C(Cc1cccc(F)c1)NCCCOCC1CCCO1. The zero-order chi connectivity index (χ0) is 14.9. The minimum atomic E-state index is -0.317. The number of amides is 1. The summed E-state index contributed by atoms with van der Waals surface area (Å²) in [5, 5.41) is 2.81. The first-order valence-electron chi connectivity index (χ1n) is 7.44. The molecule has 1 unspecified atom stereocenters. The molecule has 1 aromatic carbocycles. The van der Waals surface area contributed by atoms with Crippen molar-refractivity contribution in [3.05, 3.63) is 35.6 Å². The first-order valence-corrected chi connectivity index (χ1v) is 7.44. The smallest absolute Gasteiger partial charge is 0.224 e. The maximum Gasteiger partial charge on any atom is 0.224 e. The van der Waals surface area contributed by atoms with Gasteiger partial charge in [0.2, 0.25) is 5.91 Å². The molecule has 0 radical (unpaired) electrons. The molecule has 2 rings (SSSR count). The van der Waals surface area contributed by atoms with Gasteiger partial charge in [0.05, 0.1) is 19.1 Å². The fraction of sp³-hybridized carbons (Fsp3) is 0.562. The largest absolute Gasteiger partial charge is 0.379 e. The van der Waals surface area contributed by atoms with E-state index >= 15 is 0 Å². The topological polar surface area (TPSA) is 47.6 Å². The van der Waals surface area contributed by atoms with E-state index in [1.54, 1.807) is 12.1 Å². The molecule has 21 heavy (non-hydrogen) atoms. The van der Waals surface area contributed by atoms with E-state index in [0.29, 0.717) is 25.3 Å². The van der Waals surface area contributed by atoms with Gasteiger partial charge in [-0.3, -0.25) is 4.79 Å². The third-order valence-corrected chi connectivity index (χ3v) is 3.37. The first kappa shape index (κ1) is 15.9. The lowest BCUT2D eigenvalue weighted by atomic mass is 10.1. The van der Waals surface area contributed by atoms with Crippen LogP contribution < -0.4 is 5.32 Å². The van der Waals surface area contributed by atoms with Gasteiger partial charge < -0.3 is 14.8 Å². The third-order valence-electron chi connectivity index (χ3n) is 3.37. The van der Waals surface area contributed by atoms with E-state index in [1.165, 1.54) is 12.1 Å². The molecule has 1 aliphatic rings. The fourth-order valence-electron chi connectivity index (χ4n) is 2.29. The lowest BCUT2D eigenvalue weighted by Crippen LogP contribution is -2.27. The number of nitrogens with one attached hydrogen (secondary N) is 1. The molecule has 1 atom stereocenters. The van der Waals surface area contributed by atoms with Crippen molar-refractivity contribution in [2.75, 3.05) is 26.4 Å². The molecule has 1 aromatic rings. The number of hydrogen-bond donors (Lipinski definition) is 1. The molecular weight excluding hydrogens is 273 g/mol. The van der Waals surface area contributed by atoms with Crippen molar-refractivity contribution in [3.8, 4) is 0 Å². The van der Waals surface area contributed by atoms with Crippen LogP contribution in [0.15, 0.2) is 24.3 Å². The van der Waals surface area contributed by atoms with Gasteiger partial charge in [0.15, 0.2) is 0 Å². The van der Waals surface area contributed by atoms with Gasteiger partial charge in [0.1, 0.15) is 5.82 Å². The van der Waals surface area contributed by atoms with Crippen LogP contribution in [0.2, 0.25) is 0 Å². The van der Waals surface area contributed by atoms with Crippen molar-refractivity contribution in [3.63, 3.8) is 0 Å². The Labute approximate surface area is 124 Å². The van der Waals surface area contributed by atoms with Crippen LogP contribution in [0.25, 0.3) is 0 Å². The Kier molecular flexibility index (Phi) is 6.63. The van der Waals surface area contributed by atoms with Crippen LogP contribution in [0.5, 0.6) is 0 Å². The van der Waals surface area contributed by atoms with Gasteiger partial charge in [-0.25, -0.2) is 4.39 Å². The number of hydrogen-bond acceptors (Lipinski definition) is 3. The van der Waals surface area contributed by atoms with Gasteiger partial charge in [-0.1, -0.05) is 12.1 Å². The summed E-state index contributed by atoms with van der Waals surface area (Å²) in [7, 11) is 0. The Morgan fingerprint density at radius 1 is 1.48 bits per heavy atom. The Balaban J connectivity index is 1.51. The zero-order valence-electron chi connectivity index (χ0n) is 12.1. The highest BCUT2D eigenvalue weighted by Gasteiger charge is 2.14.